The van der Waals surface area contributed by atoms with E-state index in [-0.39, 0.29) is 5.75 Å². The van der Waals surface area contributed by atoms with Crippen LogP contribution in [0.4, 0.5) is 13.2 Å². The predicted molar refractivity (Wildman–Crippen MR) is 70.9 cm³/mol. The molecule has 0 aromatic heterocycles. The molecule has 2 rings (SSSR count). The first-order valence-electron chi connectivity index (χ1n) is 6.95. The van der Waals surface area contributed by atoms with Gasteiger partial charge in [0.1, 0.15) is 11.9 Å². The minimum atomic E-state index is -4.74. The molecule has 1 unspecified atom stereocenters. The number of benzene rings is 1. The molecule has 1 aromatic rings. The van der Waals surface area contributed by atoms with E-state index in [1.165, 1.54) is 25.3 Å². The van der Waals surface area contributed by atoms with Crippen molar-refractivity contribution >= 4 is 0 Å². The van der Waals surface area contributed by atoms with E-state index in [9.17, 15) is 18.3 Å². The smallest absolute Gasteiger partial charge is 0.406 e. The molecular formula is C15H19F3O3. The molecule has 6 heteroatoms. The molecule has 1 aromatic carbocycles. The zero-order valence-corrected chi connectivity index (χ0v) is 11.8. The summed E-state index contributed by atoms with van der Waals surface area (Å²) in [7, 11) is 1.53. The molecule has 0 radical (unpaired) electrons. The van der Waals surface area contributed by atoms with Crippen LogP contribution in [-0.2, 0) is 4.74 Å². The average molecular weight is 304 g/mol. The van der Waals surface area contributed by atoms with Gasteiger partial charge in [-0.3, -0.25) is 0 Å². The fourth-order valence-electron chi connectivity index (χ4n) is 2.92. The van der Waals surface area contributed by atoms with Gasteiger partial charge in [0, 0.05) is 7.11 Å². The lowest BCUT2D eigenvalue weighted by Crippen LogP contribution is -2.40. The van der Waals surface area contributed by atoms with Crippen molar-refractivity contribution in [3.05, 3.63) is 29.8 Å². The summed E-state index contributed by atoms with van der Waals surface area (Å²) < 4.78 is 46.2. The predicted octanol–water partition coefficient (Wildman–Crippen LogP) is 3.97. The Hall–Kier alpha value is -1.27. The first-order valence-corrected chi connectivity index (χ1v) is 6.95. The fraction of sp³-hybridized carbons (Fsp3) is 0.600. The van der Waals surface area contributed by atoms with Crippen LogP contribution >= 0.6 is 0 Å². The summed E-state index contributed by atoms with van der Waals surface area (Å²) >= 11 is 0. The minimum Gasteiger partial charge on any atom is -0.406 e. The second-order valence-corrected chi connectivity index (χ2v) is 5.35. The Labute approximate surface area is 121 Å². The first kappa shape index (κ1) is 16.1. The highest BCUT2D eigenvalue weighted by atomic mass is 19.4. The molecule has 1 fully saturated rings. The Morgan fingerprint density at radius 2 is 1.86 bits per heavy atom. The molecule has 0 spiro atoms. The van der Waals surface area contributed by atoms with Crippen LogP contribution in [0.25, 0.3) is 0 Å². The van der Waals surface area contributed by atoms with E-state index in [2.05, 4.69) is 4.74 Å². The Kier molecular flexibility index (Phi) is 4.78. The standard InChI is InChI=1S/C15H19F3O3/c1-20-14(8-3-2-4-9-14)13(19)11-6-5-7-12(10-11)21-15(16,17)18/h5-7,10,13,19H,2-4,8-9H2,1H3. The molecule has 1 N–H and O–H groups in total. The lowest BCUT2D eigenvalue weighted by atomic mass is 9.78. The average Bonchev–Trinajstić information content (AvgIpc) is 2.45. The number of halogens is 3. The molecule has 118 valence electrons. The van der Waals surface area contributed by atoms with Crippen molar-refractivity contribution in [2.24, 2.45) is 0 Å². The molecular weight excluding hydrogens is 285 g/mol. The molecule has 0 aliphatic heterocycles. The third-order valence-electron chi connectivity index (χ3n) is 4.01. The van der Waals surface area contributed by atoms with Gasteiger partial charge >= 0.3 is 6.36 Å². The summed E-state index contributed by atoms with van der Waals surface area (Å²) in [5, 5.41) is 10.6. The number of aliphatic hydroxyl groups is 1. The van der Waals surface area contributed by atoms with Crippen LogP contribution in [0.5, 0.6) is 5.75 Å². The van der Waals surface area contributed by atoms with Gasteiger partial charge < -0.3 is 14.6 Å². The molecule has 0 amide bonds. The number of methoxy groups -OCH3 is 1. The van der Waals surface area contributed by atoms with Crippen LogP contribution in [0.3, 0.4) is 0 Å². The van der Waals surface area contributed by atoms with Gasteiger partial charge in [-0.15, -0.1) is 13.2 Å². The highest BCUT2D eigenvalue weighted by Gasteiger charge is 2.40. The summed E-state index contributed by atoms with van der Waals surface area (Å²) in [6.07, 6.45) is -1.39. The van der Waals surface area contributed by atoms with Crippen molar-refractivity contribution in [3.63, 3.8) is 0 Å². The molecule has 3 nitrogen and oxygen atoms in total. The Balaban J connectivity index is 2.22. The van der Waals surface area contributed by atoms with E-state index in [1.807, 2.05) is 0 Å². The van der Waals surface area contributed by atoms with Crippen LogP contribution in [-0.4, -0.2) is 24.2 Å². The third-order valence-corrected chi connectivity index (χ3v) is 4.01. The maximum absolute atomic E-state index is 12.3. The second-order valence-electron chi connectivity index (χ2n) is 5.35. The lowest BCUT2D eigenvalue weighted by molar-refractivity contribution is -0.274. The molecule has 1 aliphatic carbocycles. The highest BCUT2D eigenvalue weighted by molar-refractivity contribution is 5.31. The minimum absolute atomic E-state index is 0.332. The van der Waals surface area contributed by atoms with Gasteiger partial charge in [-0.2, -0.15) is 0 Å². The maximum atomic E-state index is 12.3. The van der Waals surface area contributed by atoms with Crippen molar-refractivity contribution in [1.29, 1.82) is 0 Å². The number of aliphatic hydroxyl groups excluding tert-OH is 1. The van der Waals surface area contributed by atoms with E-state index in [0.717, 1.165) is 19.3 Å². The Morgan fingerprint density at radius 3 is 2.43 bits per heavy atom. The number of rotatable bonds is 4. The van der Waals surface area contributed by atoms with Gasteiger partial charge in [-0.05, 0) is 30.5 Å². The molecule has 1 saturated carbocycles. The van der Waals surface area contributed by atoms with Crippen LogP contribution in [0.1, 0.15) is 43.8 Å². The summed E-state index contributed by atoms with van der Waals surface area (Å²) in [5.41, 5.74) is -0.352. The van der Waals surface area contributed by atoms with Crippen molar-refractivity contribution < 1.29 is 27.8 Å². The van der Waals surface area contributed by atoms with Gasteiger partial charge in [0.2, 0.25) is 0 Å². The summed E-state index contributed by atoms with van der Waals surface area (Å²) in [6.45, 7) is 0. The second kappa shape index (κ2) is 6.23. The van der Waals surface area contributed by atoms with E-state index >= 15 is 0 Å². The molecule has 1 aliphatic rings. The van der Waals surface area contributed by atoms with Crippen molar-refractivity contribution in [2.75, 3.05) is 7.11 Å². The zero-order chi connectivity index (χ0) is 15.5. The van der Waals surface area contributed by atoms with E-state index in [0.29, 0.717) is 18.4 Å². The normalized spacial score (nSPS) is 20.0. The molecule has 0 heterocycles. The van der Waals surface area contributed by atoms with Crippen LogP contribution in [0, 0.1) is 0 Å². The van der Waals surface area contributed by atoms with Crippen molar-refractivity contribution in [3.8, 4) is 5.75 Å². The Bertz CT molecular complexity index is 467. The van der Waals surface area contributed by atoms with E-state index in [4.69, 9.17) is 4.74 Å². The van der Waals surface area contributed by atoms with Gasteiger partial charge in [0.25, 0.3) is 0 Å². The monoisotopic (exact) mass is 304 g/mol. The highest BCUT2D eigenvalue weighted by Crippen LogP contribution is 2.41. The topological polar surface area (TPSA) is 38.7 Å². The summed E-state index contributed by atoms with van der Waals surface area (Å²) in [5.74, 6) is -0.332. The van der Waals surface area contributed by atoms with Crippen LogP contribution in [0.2, 0.25) is 0 Å². The van der Waals surface area contributed by atoms with E-state index in [1.54, 1.807) is 6.07 Å². The first-order chi connectivity index (χ1) is 9.86. The van der Waals surface area contributed by atoms with Gasteiger partial charge in [-0.25, -0.2) is 0 Å². The summed E-state index contributed by atoms with van der Waals surface area (Å²) in [6, 6.07) is 5.45. The number of hydrogen-bond acceptors (Lipinski definition) is 3. The SMILES string of the molecule is COC1(C(O)c2cccc(OC(F)(F)F)c2)CCCCC1. The molecule has 0 bridgehead atoms. The molecule has 21 heavy (non-hydrogen) atoms. The summed E-state index contributed by atoms with van der Waals surface area (Å²) in [4.78, 5) is 0. The van der Waals surface area contributed by atoms with Gasteiger partial charge in [0.15, 0.2) is 0 Å². The van der Waals surface area contributed by atoms with Crippen molar-refractivity contribution in [2.45, 2.75) is 50.2 Å². The maximum Gasteiger partial charge on any atom is 0.573 e. The largest absolute Gasteiger partial charge is 0.573 e. The molecule has 0 saturated heterocycles. The van der Waals surface area contributed by atoms with Crippen molar-refractivity contribution in [1.82, 2.24) is 0 Å². The third kappa shape index (κ3) is 3.89. The zero-order valence-electron chi connectivity index (χ0n) is 11.8. The molecule has 1 atom stereocenters. The van der Waals surface area contributed by atoms with Crippen LogP contribution < -0.4 is 4.74 Å². The Morgan fingerprint density at radius 1 is 1.19 bits per heavy atom. The van der Waals surface area contributed by atoms with Gasteiger partial charge in [0.05, 0.1) is 5.60 Å². The number of ether oxygens (including phenoxy) is 2. The van der Waals surface area contributed by atoms with Gasteiger partial charge in [-0.1, -0.05) is 31.4 Å². The fourth-order valence-corrected chi connectivity index (χ4v) is 2.92. The number of hydrogen-bond donors (Lipinski definition) is 1. The number of alkyl halides is 3. The van der Waals surface area contributed by atoms with Crippen LogP contribution in [0.15, 0.2) is 24.3 Å². The quantitative estimate of drug-likeness (QED) is 0.915. The lowest BCUT2D eigenvalue weighted by Gasteiger charge is -2.40. The van der Waals surface area contributed by atoms with E-state index < -0.39 is 18.1 Å².